The molecule has 1 saturated heterocycles. The summed E-state index contributed by atoms with van der Waals surface area (Å²) in [5, 5.41) is 2.44. The van der Waals surface area contributed by atoms with Gasteiger partial charge in [-0.15, -0.1) is 13.2 Å². The van der Waals surface area contributed by atoms with Gasteiger partial charge in [0.25, 0.3) is 5.91 Å². The summed E-state index contributed by atoms with van der Waals surface area (Å²) in [6.45, 7) is 1.46. The Bertz CT molecular complexity index is 1010. The van der Waals surface area contributed by atoms with Crippen LogP contribution in [0, 0.1) is 5.92 Å². The van der Waals surface area contributed by atoms with E-state index in [1.54, 1.807) is 24.3 Å². The molecular weight excluding hydrogens is 445 g/mol. The Kier molecular flexibility index (Phi) is 7.10. The molecule has 1 aliphatic heterocycles. The second-order valence-corrected chi connectivity index (χ2v) is 7.24. The molecule has 0 aliphatic carbocycles. The largest absolute Gasteiger partial charge is 0.573 e. The molecule has 176 valence electrons. The summed E-state index contributed by atoms with van der Waals surface area (Å²) in [7, 11) is 1.52. The number of hydrogen-bond acceptors (Lipinski definition) is 6. The molecule has 33 heavy (non-hydrogen) atoms. The molecule has 1 aliphatic rings. The average Bonchev–Trinajstić information content (AvgIpc) is 3.16. The Labute approximate surface area is 187 Å². The number of hydrogen-bond donors (Lipinski definition) is 1. The molecule has 3 rings (SSSR count). The molecular formula is C22H21F3N2O6. The van der Waals surface area contributed by atoms with E-state index in [-0.39, 0.29) is 24.6 Å². The highest BCUT2D eigenvalue weighted by Crippen LogP contribution is 2.28. The van der Waals surface area contributed by atoms with Crippen LogP contribution in [0.25, 0.3) is 0 Å². The van der Waals surface area contributed by atoms with Crippen molar-refractivity contribution in [3.8, 4) is 11.5 Å². The van der Waals surface area contributed by atoms with E-state index in [0.29, 0.717) is 11.4 Å². The number of rotatable bonds is 7. The van der Waals surface area contributed by atoms with Gasteiger partial charge in [-0.2, -0.15) is 0 Å². The maximum Gasteiger partial charge on any atom is 0.573 e. The van der Waals surface area contributed by atoms with Gasteiger partial charge in [0.2, 0.25) is 5.91 Å². The lowest BCUT2D eigenvalue weighted by atomic mass is 10.1. The lowest BCUT2D eigenvalue weighted by Gasteiger charge is -2.18. The van der Waals surface area contributed by atoms with E-state index >= 15 is 0 Å². The molecule has 2 aromatic carbocycles. The Hall–Kier alpha value is -3.76. The molecule has 0 spiro atoms. The predicted octanol–water partition coefficient (Wildman–Crippen LogP) is 3.52. The number of carbonyl (C=O) groups excluding carboxylic acids is 3. The number of nitrogens with one attached hydrogen (secondary N) is 1. The smallest absolute Gasteiger partial charge is 0.497 e. The van der Waals surface area contributed by atoms with E-state index in [9.17, 15) is 27.6 Å². The van der Waals surface area contributed by atoms with Crippen LogP contribution < -0.4 is 19.7 Å². The SMILES string of the molecule is COc1ccc(N2CC(C(=O)OC(C)C(=O)Nc3ccc(OC(F)(F)F)cc3)CC2=O)cc1. The molecule has 1 fully saturated rings. The number of carbonyl (C=O) groups is 3. The molecule has 1 N–H and O–H groups in total. The fourth-order valence-electron chi connectivity index (χ4n) is 3.18. The normalized spacial score (nSPS) is 16.8. The average molecular weight is 466 g/mol. The molecule has 2 unspecified atom stereocenters. The summed E-state index contributed by atoms with van der Waals surface area (Å²) in [5.74, 6) is -2.18. The van der Waals surface area contributed by atoms with Crippen LogP contribution in [0.1, 0.15) is 13.3 Å². The maximum absolute atomic E-state index is 12.5. The van der Waals surface area contributed by atoms with Gasteiger partial charge >= 0.3 is 12.3 Å². The Morgan fingerprint density at radius 3 is 2.24 bits per heavy atom. The topological polar surface area (TPSA) is 94.2 Å². The number of esters is 1. The highest BCUT2D eigenvalue weighted by Gasteiger charge is 2.37. The van der Waals surface area contributed by atoms with Gasteiger partial charge in [-0.25, -0.2) is 0 Å². The molecule has 0 saturated carbocycles. The van der Waals surface area contributed by atoms with Gasteiger partial charge in [0, 0.05) is 24.3 Å². The van der Waals surface area contributed by atoms with Gasteiger partial charge in [-0.05, 0) is 55.5 Å². The van der Waals surface area contributed by atoms with Gasteiger partial charge < -0.3 is 24.4 Å². The Morgan fingerprint density at radius 1 is 1.06 bits per heavy atom. The summed E-state index contributed by atoms with van der Waals surface area (Å²) >= 11 is 0. The number of alkyl halides is 3. The standard InChI is InChI=1S/C22H21F3N2O6/c1-13(20(29)26-15-3-7-18(8-4-15)33-22(23,24)25)32-21(30)14-11-19(28)27(12-14)16-5-9-17(31-2)10-6-16/h3-10,13-14H,11-12H2,1-2H3,(H,26,29). The zero-order valence-corrected chi connectivity index (χ0v) is 17.7. The van der Waals surface area contributed by atoms with Crippen LogP contribution >= 0.6 is 0 Å². The van der Waals surface area contributed by atoms with Crippen LogP contribution in [0.2, 0.25) is 0 Å². The van der Waals surface area contributed by atoms with Crippen molar-refractivity contribution in [2.45, 2.75) is 25.8 Å². The third-order valence-electron chi connectivity index (χ3n) is 4.86. The highest BCUT2D eigenvalue weighted by molar-refractivity contribution is 6.00. The van der Waals surface area contributed by atoms with E-state index in [0.717, 1.165) is 12.1 Å². The van der Waals surface area contributed by atoms with Crippen molar-refractivity contribution in [2.75, 3.05) is 23.9 Å². The number of anilines is 2. The van der Waals surface area contributed by atoms with E-state index in [4.69, 9.17) is 9.47 Å². The van der Waals surface area contributed by atoms with Crippen LogP contribution in [0.15, 0.2) is 48.5 Å². The first-order valence-electron chi connectivity index (χ1n) is 9.87. The Balaban J connectivity index is 1.53. The van der Waals surface area contributed by atoms with Crippen LogP contribution in [0.3, 0.4) is 0 Å². The quantitative estimate of drug-likeness (QED) is 0.628. The molecule has 0 aromatic heterocycles. The minimum Gasteiger partial charge on any atom is -0.497 e. The van der Waals surface area contributed by atoms with Gasteiger partial charge in [-0.1, -0.05) is 0 Å². The second kappa shape index (κ2) is 9.80. The zero-order chi connectivity index (χ0) is 24.2. The van der Waals surface area contributed by atoms with Crippen molar-refractivity contribution >= 4 is 29.2 Å². The number of nitrogens with zero attached hydrogens (tertiary/aromatic N) is 1. The summed E-state index contributed by atoms with van der Waals surface area (Å²) in [6.07, 6.45) is -6.06. The maximum atomic E-state index is 12.5. The third-order valence-corrected chi connectivity index (χ3v) is 4.86. The van der Waals surface area contributed by atoms with Gasteiger partial charge in [0.05, 0.1) is 13.0 Å². The van der Waals surface area contributed by atoms with Crippen molar-refractivity contribution in [3.63, 3.8) is 0 Å². The zero-order valence-electron chi connectivity index (χ0n) is 17.7. The number of halogens is 3. The molecule has 0 radical (unpaired) electrons. The highest BCUT2D eigenvalue weighted by atomic mass is 19.4. The lowest BCUT2D eigenvalue weighted by Crippen LogP contribution is -2.33. The Morgan fingerprint density at radius 2 is 1.67 bits per heavy atom. The second-order valence-electron chi connectivity index (χ2n) is 7.24. The minimum absolute atomic E-state index is 0.0557. The van der Waals surface area contributed by atoms with Crippen LogP contribution in [-0.2, 0) is 19.1 Å². The van der Waals surface area contributed by atoms with Gasteiger partial charge in [0.1, 0.15) is 11.5 Å². The molecule has 8 nitrogen and oxygen atoms in total. The minimum atomic E-state index is -4.82. The van der Waals surface area contributed by atoms with E-state index < -0.39 is 36.0 Å². The molecule has 11 heteroatoms. The van der Waals surface area contributed by atoms with Crippen molar-refractivity contribution in [2.24, 2.45) is 5.92 Å². The number of benzene rings is 2. The van der Waals surface area contributed by atoms with Crippen molar-refractivity contribution in [1.29, 1.82) is 0 Å². The van der Waals surface area contributed by atoms with Gasteiger partial charge in [0.15, 0.2) is 6.10 Å². The summed E-state index contributed by atoms with van der Waals surface area (Å²) in [5.41, 5.74) is 0.805. The predicted molar refractivity (Wildman–Crippen MR) is 111 cm³/mol. The van der Waals surface area contributed by atoms with Crippen molar-refractivity contribution in [3.05, 3.63) is 48.5 Å². The molecule has 1 heterocycles. The fourth-order valence-corrected chi connectivity index (χ4v) is 3.18. The van der Waals surface area contributed by atoms with Crippen molar-refractivity contribution < 1.29 is 41.8 Å². The van der Waals surface area contributed by atoms with Crippen LogP contribution in [0.5, 0.6) is 11.5 Å². The first-order valence-corrected chi connectivity index (χ1v) is 9.87. The molecule has 2 atom stereocenters. The number of methoxy groups -OCH3 is 1. The monoisotopic (exact) mass is 466 g/mol. The van der Waals surface area contributed by atoms with Crippen LogP contribution in [-0.4, -0.2) is 43.9 Å². The molecule has 2 amide bonds. The van der Waals surface area contributed by atoms with Gasteiger partial charge in [-0.3, -0.25) is 14.4 Å². The van der Waals surface area contributed by atoms with Crippen molar-refractivity contribution in [1.82, 2.24) is 0 Å². The molecule has 2 aromatic rings. The first-order chi connectivity index (χ1) is 15.6. The van der Waals surface area contributed by atoms with Crippen LogP contribution in [0.4, 0.5) is 24.5 Å². The summed E-state index contributed by atoms with van der Waals surface area (Å²) < 4.78 is 50.7. The first kappa shape index (κ1) is 23.9. The number of ether oxygens (including phenoxy) is 3. The summed E-state index contributed by atoms with van der Waals surface area (Å²) in [6, 6.07) is 11.3. The molecule has 0 bridgehead atoms. The third kappa shape index (κ3) is 6.37. The van der Waals surface area contributed by atoms with E-state index in [2.05, 4.69) is 10.1 Å². The van der Waals surface area contributed by atoms with E-state index in [1.807, 2.05) is 0 Å². The summed E-state index contributed by atoms with van der Waals surface area (Å²) in [4.78, 5) is 38.6. The lowest BCUT2D eigenvalue weighted by molar-refractivity contribution is -0.274. The van der Waals surface area contributed by atoms with E-state index in [1.165, 1.54) is 31.1 Å². The fraction of sp³-hybridized carbons (Fsp3) is 0.318. The number of amides is 2.